The minimum Gasteiger partial charge on any atom is -0.446 e. The molecule has 4 amide bonds. The third-order valence-corrected chi connectivity index (χ3v) is 10.2. The van der Waals surface area contributed by atoms with E-state index in [4.69, 9.17) is 9.47 Å². The number of aromatic nitrogens is 6. The molecule has 3 atom stereocenters. The number of unbranched alkanes of at least 4 members (excludes halogenated alkanes) is 4. The number of carbonyl (C=O) groups excluding carboxylic acids is 4. The fourth-order valence-electron chi connectivity index (χ4n) is 7.53. The van der Waals surface area contributed by atoms with Gasteiger partial charge in [-0.3, -0.25) is 38.6 Å². The van der Waals surface area contributed by atoms with E-state index in [9.17, 15) is 24.0 Å². The summed E-state index contributed by atoms with van der Waals surface area (Å²) < 4.78 is 16.1. The normalized spacial score (nSPS) is 18.7. The van der Waals surface area contributed by atoms with Crippen LogP contribution >= 0.6 is 0 Å². The van der Waals surface area contributed by atoms with Crippen molar-refractivity contribution >= 4 is 40.7 Å². The van der Waals surface area contributed by atoms with Crippen LogP contribution < -0.4 is 21.6 Å². The number of hydrogen-bond acceptors (Lipinski definition) is 9. The van der Waals surface area contributed by atoms with E-state index in [1.165, 1.54) is 9.25 Å². The Labute approximate surface area is 313 Å². The molecule has 0 spiro atoms. The fourth-order valence-corrected chi connectivity index (χ4v) is 7.53. The van der Waals surface area contributed by atoms with Gasteiger partial charge in [-0.1, -0.05) is 31.4 Å². The maximum atomic E-state index is 13.2. The number of alkyl carbamates (subject to hydrolysis) is 1. The zero-order valence-electron chi connectivity index (χ0n) is 31.5. The molecule has 16 heteroatoms. The average Bonchev–Trinajstić information content (AvgIpc) is 3.91. The van der Waals surface area contributed by atoms with Gasteiger partial charge in [-0.15, -0.1) is 0 Å². The molecule has 4 aromatic rings. The van der Waals surface area contributed by atoms with Crippen molar-refractivity contribution in [1.29, 1.82) is 0 Å². The monoisotopic (exact) mass is 745 g/mol. The van der Waals surface area contributed by atoms with Gasteiger partial charge in [0.2, 0.25) is 11.8 Å². The lowest BCUT2D eigenvalue weighted by Crippen LogP contribution is -2.44. The maximum absolute atomic E-state index is 13.2. The number of imidazole rings is 1. The molecule has 0 radical (unpaired) electrons. The van der Waals surface area contributed by atoms with Gasteiger partial charge in [-0.2, -0.15) is 10.2 Å². The number of rotatable bonds is 16. The summed E-state index contributed by atoms with van der Waals surface area (Å²) in [6, 6.07) is 8.69. The second-order valence-electron chi connectivity index (χ2n) is 14.7. The number of aromatic amines is 1. The standard InChI is InChI=1S/C38H51N9O7/c1-23(2)39-37(51)54-27-15-14-25(19-27)28-21-32(43-42-28)40-36(50)31-20-26(44-46(31)4)22-53-18-9-7-5-6-8-11-24-12-10-13-29-34(24)45(3)38(52)47(29)30-16-17-33(48)41-35(30)49/h10,12-13,20-21,23,25,27,30H,5-9,11,14-19,22H2,1-4H3,(H,39,51)(H,41,48,49)(H2,40,42,43,50)/t25-,27+,30?/m0/s1. The number of benzene rings is 1. The Morgan fingerprint density at radius 1 is 1.02 bits per heavy atom. The lowest BCUT2D eigenvalue weighted by atomic mass is 10.0. The van der Waals surface area contributed by atoms with Gasteiger partial charge < -0.3 is 20.1 Å². The third kappa shape index (κ3) is 9.09. The topological polar surface area (TPSA) is 196 Å². The molecule has 54 heavy (non-hydrogen) atoms. The number of nitrogens with zero attached hydrogens (tertiary/aromatic N) is 5. The molecule has 1 unspecified atom stereocenters. The van der Waals surface area contributed by atoms with Gasteiger partial charge in [0.05, 0.1) is 23.3 Å². The highest BCUT2D eigenvalue weighted by molar-refractivity contribution is 6.02. The lowest BCUT2D eigenvalue weighted by molar-refractivity contribution is -0.135. The number of ether oxygens (including phenoxy) is 2. The van der Waals surface area contributed by atoms with Crippen molar-refractivity contribution in [2.75, 3.05) is 11.9 Å². The summed E-state index contributed by atoms with van der Waals surface area (Å²) in [7, 11) is 3.45. The van der Waals surface area contributed by atoms with Crippen molar-refractivity contribution < 1.29 is 28.7 Å². The van der Waals surface area contributed by atoms with Gasteiger partial charge in [-0.25, -0.2) is 9.59 Å². The minimum absolute atomic E-state index is 0.0168. The van der Waals surface area contributed by atoms with Gasteiger partial charge in [0.25, 0.3) is 5.91 Å². The first-order chi connectivity index (χ1) is 26.0. The summed E-state index contributed by atoms with van der Waals surface area (Å²) in [4.78, 5) is 62.4. The van der Waals surface area contributed by atoms with Gasteiger partial charge >= 0.3 is 11.8 Å². The van der Waals surface area contributed by atoms with Gasteiger partial charge in [0, 0.05) is 50.8 Å². The summed E-state index contributed by atoms with van der Waals surface area (Å²) in [5, 5.41) is 19.7. The molecule has 3 aromatic heterocycles. The zero-order valence-corrected chi connectivity index (χ0v) is 31.5. The SMILES string of the molecule is CC(C)NC(=O)O[C@@H]1CC[C@H](c2cc(NC(=O)c3cc(COCCCCCCCc4cccc5c4n(C)c(=O)n5C4CCC(=O)NC4=O)nn3C)n[nH]2)C1. The molecule has 0 bridgehead atoms. The molecular formula is C38H51N9O7. The molecule has 1 aliphatic carbocycles. The predicted molar refractivity (Wildman–Crippen MR) is 200 cm³/mol. The zero-order chi connectivity index (χ0) is 38.4. The first-order valence-electron chi connectivity index (χ1n) is 19.0. The Bertz CT molecular complexity index is 2040. The van der Waals surface area contributed by atoms with E-state index in [1.54, 1.807) is 24.7 Å². The van der Waals surface area contributed by atoms with Crippen molar-refractivity contribution in [2.24, 2.45) is 14.1 Å². The Morgan fingerprint density at radius 3 is 2.61 bits per heavy atom. The maximum Gasteiger partial charge on any atom is 0.407 e. The molecule has 6 rings (SSSR count). The van der Waals surface area contributed by atoms with Gasteiger partial charge in [-0.05, 0) is 76.5 Å². The first-order valence-corrected chi connectivity index (χ1v) is 19.0. The smallest absolute Gasteiger partial charge is 0.407 e. The van der Waals surface area contributed by atoms with Crippen molar-refractivity contribution in [3.8, 4) is 0 Å². The van der Waals surface area contributed by atoms with Crippen LogP contribution in [0.4, 0.5) is 10.6 Å². The van der Waals surface area contributed by atoms with E-state index < -0.39 is 18.0 Å². The fraction of sp³-hybridized carbons (Fsp3) is 0.553. The Kier molecular flexibility index (Phi) is 12.3. The number of amides is 4. The second kappa shape index (κ2) is 17.3. The average molecular weight is 746 g/mol. The predicted octanol–water partition coefficient (Wildman–Crippen LogP) is 4.51. The first kappa shape index (κ1) is 38.5. The number of fused-ring (bicyclic) bond motifs is 1. The van der Waals surface area contributed by atoms with Gasteiger partial charge in [0.1, 0.15) is 17.8 Å². The van der Waals surface area contributed by atoms with Crippen LogP contribution in [0.25, 0.3) is 11.0 Å². The number of para-hydroxylation sites is 1. The molecular weight excluding hydrogens is 694 g/mol. The Morgan fingerprint density at radius 2 is 1.81 bits per heavy atom. The largest absolute Gasteiger partial charge is 0.446 e. The molecule has 1 aromatic carbocycles. The molecule has 2 fully saturated rings. The van der Waals surface area contributed by atoms with Crippen LogP contribution in [0.5, 0.6) is 0 Å². The number of anilines is 1. The van der Waals surface area contributed by atoms with Crippen LogP contribution in [0.2, 0.25) is 0 Å². The highest BCUT2D eigenvalue weighted by Gasteiger charge is 2.32. The summed E-state index contributed by atoms with van der Waals surface area (Å²) in [6.07, 6.45) is 8.06. The molecule has 4 heterocycles. The van der Waals surface area contributed by atoms with Crippen LogP contribution in [0.1, 0.15) is 117 Å². The number of piperidine rings is 1. The highest BCUT2D eigenvalue weighted by atomic mass is 16.6. The Hall–Kier alpha value is -5.25. The van der Waals surface area contributed by atoms with Crippen LogP contribution in [-0.2, 0) is 46.2 Å². The van der Waals surface area contributed by atoms with Gasteiger partial charge in [0.15, 0.2) is 5.82 Å². The van der Waals surface area contributed by atoms with Crippen molar-refractivity contribution in [1.82, 2.24) is 39.7 Å². The molecule has 2 aliphatic rings. The van der Waals surface area contributed by atoms with E-state index in [0.717, 1.165) is 73.7 Å². The second-order valence-corrected chi connectivity index (χ2v) is 14.7. The number of imide groups is 1. The van der Waals surface area contributed by atoms with Crippen LogP contribution in [0, 0.1) is 0 Å². The minimum atomic E-state index is -0.692. The molecule has 1 aliphatic heterocycles. The number of aryl methyl sites for hydroxylation is 3. The summed E-state index contributed by atoms with van der Waals surface area (Å²) in [5.74, 6) is -0.479. The van der Waals surface area contributed by atoms with Crippen molar-refractivity contribution in [3.63, 3.8) is 0 Å². The van der Waals surface area contributed by atoms with Crippen molar-refractivity contribution in [2.45, 2.75) is 115 Å². The summed E-state index contributed by atoms with van der Waals surface area (Å²) in [6.45, 7) is 4.66. The van der Waals surface area contributed by atoms with Crippen molar-refractivity contribution in [3.05, 3.63) is 63.5 Å². The molecule has 1 saturated heterocycles. The van der Waals surface area contributed by atoms with E-state index in [2.05, 4.69) is 31.2 Å². The Balaban J connectivity index is 0.887. The lowest BCUT2D eigenvalue weighted by Gasteiger charge is -2.21. The summed E-state index contributed by atoms with van der Waals surface area (Å²) >= 11 is 0. The summed E-state index contributed by atoms with van der Waals surface area (Å²) in [5.41, 5.74) is 4.32. The van der Waals surface area contributed by atoms with E-state index in [-0.39, 0.29) is 42.0 Å². The van der Waals surface area contributed by atoms with Crippen LogP contribution in [0.3, 0.4) is 0 Å². The number of nitrogens with one attached hydrogen (secondary N) is 4. The highest BCUT2D eigenvalue weighted by Crippen LogP contribution is 2.36. The van der Waals surface area contributed by atoms with E-state index >= 15 is 0 Å². The van der Waals surface area contributed by atoms with E-state index in [0.29, 0.717) is 43.3 Å². The van der Waals surface area contributed by atoms with E-state index in [1.807, 2.05) is 38.1 Å². The molecule has 16 nitrogen and oxygen atoms in total. The van der Waals surface area contributed by atoms with Crippen LogP contribution in [-0.4, -0.2) is 71.7 Å². The molecule has 4 N–H and O–H groups in total. The molecule has 1 saturated carbocycles. The quantitative estimate of drug-likeness (QED) is 0.0943. The third-order valence-electron chi connectivity index (χ3n) is 10.2. The van der Waals surface area contributed by atoms with Crippen LogP contribution in [0.15, 0.2) is 35.1 Å². The molecule has 290 valence electrons. The number of hydrogen-bond donors (Lipinski definition) is 4. The number of H-pyrrole nitrogens is 1. The number of carbonyl (C=O) groups is 4.